The van der Waals surface area contributed by atoms with Crippen molar-refractivity contribution in [2.75, 3.05) is 54.3 Å². The summed E-state index contributed by atoms with van der Waals surface area (Å²) in [6.45, 7) is 17.2. The average Bonchev–Trinajstić information content (AvgIpc) is 3.81. The highest BCUT2D eigenvalue weighted by Crippen LogP contribution is 2.41. The number of carbonyl (C=O) groups is 1. The number of cyclic esters (lactones) is 1. The van der Waals surface area contributed by atoms with Crippen LogP contribution in [0.3, 0.4) is 0 Å². The molecule has 0 unspecified atom stereocenters. The molecule has 0 amide bonds. The van der Waals surface area contributed by atoms with E-state index in [1.807, 2.05) is 37.7 Å². The van der Waals surface area contributed by atoms with Crippen LogP contribution in [0.15, 0.2) is 35.4 Å². The Kier molecular flexibility index (Phi) is 21.2. The van der Waals surface area contributed by atoms with Crippen LogP contribution in [-0.4, -0.2) is 209 Å². The van der Waals surface area contributed by atoms with Crippen molar-refractivity contribution in [3.05, 3.63) is 41.7 Å². The molecule has 0 aliphatic carbocycles. The molecule has 20 atom stereocenters. The predicted molar refractivity (Wildman–Crippen MR) is 271 cm³/mol. The van der Waals surface area contributed by atoms with E-state index in [2.05, 4.69) is 10.3 Å². The van der Waals surface area contributed by atoms with E-state index in [0.717, 1.165) is 6.26 Å². The maximum Gasteiger partial charge on any atom is 0.311 e. The fourth-order valence-corrected chi connectivity index (χ4v) is 12.0. The fourth-order valence-electron chi connectivity index (χ4n) is 11.4. The van der Waals surface area contributed by atoms with E-state index in [0.29, 0.717) is 37.2 Å². The van der Waals surface area contributed by atoms with Crippen molar-refractivity contribution in [1.82, 2.24) is 24.8 Å². The van der Waals surface area contributed by atoms with Crippen molar-refractivity contribution in [2.45, 2.75) is 209 Å². The van der Waals surface area contributed by atoms with E-state index >= 15 is 0 Å². The Labute approximate surface area is 438 Å². The van der Waals surface area contributed by atoms with Gasteiger partial charge in [-0.3, -0.25) is 4.79 Å². The third-order valence-electron chi connectivity index (χ3n) is 16.1. The number of hydrogen-bond acceptors (Lipinski definition) is 19. The van der Waals surface area contributed by atoms with Gasteiger partial charge in [0.05, 0.1) is 52.1 Å². The van der Waals surface area contributed by atoms with Crippen LogP contribution in [-0.2, 0) is 54.2 Å². The highest BCUT2D eigenvalue weighted by molar-refractivity contribution is 7.90. The lowest BCUT2D eigenvalue weighted by atomic mass is 9.77. The monoisotopic (exact) mass is 1070 g/mol. The number of aromatic nitrogens is 3. The number of nitrogens with zero attached hydrogens (tertiary/aromatic N) is 5. The average molecular weight is 1070 g/mol. The molecule has 5 N–H and O–H groups in total. The van der Waals surface area contributed by atoms with Gasteiger partial charge in [0, 0.05) is 70.6 Å². The smallest absolute Gasteiger partial charge is 0.311 e. The standard InChI is InChI=1S/C52H88FN5O15S/c1-16-40-52(10,64)45(60)33(6)57(12)27-29(2)24-50(8,63)47(31(4)43(32(5)48(62)71-40)72-41-25-51(9,68-14)46(61)34(7)70-41)73-49-42(59)38(23-30(3)69-49)56(11)22-21-36-28-58(55-54-36)39(26-53)44(67-13)35-17-19-37(20-18-35)74(15,65)66/h17-20,28-34,38-47,49,59-61,63-64H,16,21-27H2,1-15H3/t29-,30-,31+,32-,33-,34+,38+,39-,40-,41+,42-,43+,44-,45-,46+,47-,49+,50-,51-,52-/m1/s1. The van der Waals surface area contributed by atoms with Crippen molar-refractivity contribution in [3.63, 3.8) is 0 Å². The normalized spacial score (nSPS) is 39.5. The number of aliphatic hydroxyl groups excluding tert-OH is 3. The number of halogens is 1. The number of alkyl halides is 1. The van der Waals surface area contributed by atoms with Gasteiger partial charge in [-0.05, 0) is 105 Å². The molecule has 0 saturated carbocycles. The number of rotatable bonds is 16. The van der Waals surface area contributed by atoms with Crippen molar-refractivity contribution < 1.29 is 76.3 Å². The summed E-state index contributed by atoms with van der Waals surface area (Å²) in [5.41, 5.74) is -3.52. The van der Waals surface area contributed by atoms with E-state index in [1.54, 1.807) is 66.8 Å². The van der Waals surface area contributed by atoms with Gasteiger partial charge in [-0.1, -0.05) is 38.1 Å². The minimum absolute atomic E-state index is 0.0709. The van der Waals surface area contributed by atoms with Gasteiger partial charge in [-0.15, -0.1) is 5.10 Å². The van der Waals surface area contributed by atoms with Crippen LogP contribution >= 0.6 is 0 Å². The molecule has 3 aliphatic rings. The lowest BCUT2D eigenvalue weighted by Gasteiger charge is -2.49. The summed E-state index contributed by atoms with van der Waals surface area (Å²) in [6.07, 6.45) is -7.41. The summed E-state index contributed by atoms with van der Waals surface area (Å²) < 4.78 is 84.2. The number of carbonyl (C=O) groups excluding carboxylic acids is 1. The number of esters is 1. The van der Waals surface area contributed by atoms with E-state index in [1.165, 1.54) is 38.0 Å². The Bertz CT molecular complexity index is 2210. The number of aliphatic hydroxyl groups is 5. The number of benzene rings is 1. The molecule has 22 heteroatoms. The predicted octanol–water partition coefficient (Wildman–Crippen LogP) is 3.41. The first kappa shape index (κ1) is 62.0. The zero-order valence-corrected chi connectivity index (χ0v) is 47.0. The summed E-state index contributed by atoms with van der Waals surface area (Å²) in [5, 5.41) is 68.3. The number of likely N-dealkylation sites (N-methyl/N-ethyl adjacent to an activating group) is 2. The van der Waals surface area contributed by atoms with Gasteiger partial charge < -0.3 is 68.5 Å². The lowest BCUT2D eigenvalue weighted by Crippen LogP contribution is -2.61. The topological polar surface area (TPSA) is 254 Å². The molecule has 424 valence electrons. The maximum absolute atomic E-state index is 14.8. The Morgan fingerprint density at radius 2 is 1.62 bits per heavy atom. The first-order chi connectivity index (χ1) is 34.4. The highest BCUT2D eigenvalue weighted by Gasteiger charge is 2.53. The van der Waals surface area contributed by atoms with Crippen molar-refractivity contribution in [2.24, 2.45) is 17.8 Å². The molecule has 3 aliphatic heterocycles. The second kappa shape index (κ2) is 25.3. The van der Waals surface area contributed by atoms with Gasteiger partial charge in [0.1, 0.15) is 48.8 Å². The molecular formula is C52H88FN5O15S. The summed E-state index contributed by atoms with van der Waals surface area (Å²) in [5.74, 6) is -2.94. The Balaban J connectivity index is 1.44. The fraction of sp³-hybridized carbons (Fsp3) is 0.827. The second-order valence-electron chi connectivity index (χ2n) is 22.3. The zero-order chi connectivity index (χ0) is 55.4. The molecule has 74 heavy (non-hydrogen) atoms. The molecule has 20 nitrogen and oxygen atoms in total. The third kappa shape index (κ3) is 14.3. The van der Waals surface area contributed by atoms with Gasteiger partial charge >= 0.3 is 5.97 Å². The van der Waals surface area contributed by atoms with E-state index in [9.17, 15) is 43.1 Å². The highest BCUT2D eigenvalue weighted by atomic mass is 32.2. The molecule has 5 rings (SSSR count). The van der Waals surface area contributed by atoms with Crippen molar-refractivity contribution in [3.8, 4) is 0 Å². The van der Waals surface area contributed by atoms with Gasteiger partial charge in [0.2, 0.25) is 0 Å². The molecule has 2 aromatic rings. The first-order valence-corrected chi connectivity index (χ1v) is 27.9. The third-order valence-corrected chi connectivity index (χ3v) is 17.3. The Morgan fingerprint density at radius 3 is 2.20 bits per heavy atom. The van der Waals surface area contributed by atoms with Crippen LogP contribution < -0.4 is 0 Å². The maximum atomic E-state index is 14.8. The minimum atomic E-state index is -3.44. The summed E-state index contributed by atoms with van der Waals surface area (Å²) in [7, 11) is 3.15. The van der Waals surface area contributed by atoms with E-state index in [-0.39, 0.29) is 30.1 Å². The van der Waals surface area contributed by atoms with Gasteiger partial charge in [-0.2, -0.15) is 0 Å². The van der Waals surface area contributed by atoms with Crippen LogP contribution in [0.1, 0.15) is 118 Å². The molecule has 1 aromatic carbocycles. The Morgan fingerprint density at radius 1 is 0.973 bits per heavy atom. The van der Waals surface area contributed by atoms with Gasteiger partial charge in [0.25, 0.3) is 0 Å². The number of methoxy groups -OCH3 is 2. The summed E-state index contributed by atoms with van der Waals surface area (Å²) in [6, 6.07) is 4.04. The number of hydrogen-bond donors (Lipinski definition) is 5. The minimum Gasteiger partial charge on any atom is -0.459 e. The van der Waals surface area contributed by atoms with Crippen LogP contribution in [0.25, 0.3) is 0 Å². The van der Waals surface area contributed by atoms with Gasteiger partial charge in [-0.25, -0.2) is 17.5 Å². The largest absolute Gasteiger partial charge is 0.459 e. The van der Waals surface area contributed by atoms with Crippen LogP contribution in [0.4, 0.5) is 4.39 Å². The molecule has 0 bridgehead atoms. The van der Waals surface area contributed by atoms with Crippen molar-refractivity contribution in [1.29, 1.82) is 0 Å². The molecule has 0 radical (unpaired) electrons. The first-order valence-electron chi connectivity index (χ1n) is 26.0. The SMILES string of the molecule is CC[C@H]1OC(=O)[C@H](C)[C@@H](O[C@H]2C[C@@](C)(OC)[C@@H](O)[C@H](C)O2)[C@H](C)[C@@H](O[C@@H]2O[C@H](C)C[C@H](N(C)CCc3cn([C@H](CF)[C@H](OC)c4ccc(S(C)(=O)=O)cc4)nn3)[C@H]2O)[C@](C)(O)C[C@@H](C)CN(C)[C@H](C)[C@@H](O)[C@]1(C)O. The number of sulfone groups is 1. The quantitative estimate of drug-likeness (QED) is 0.151. The van der Waals surface area contributed by atoms with Crippen LogP contribution in [0, 0.1) is 17.8 Å². The molecule has 4 heterocycles. The van der Waals surface area contributed by atoms with Gasteiger partial charge in [0.15, 0.2) is 22.4 Å². The lowest BCUT2D eigenvalue weighted by molar-refractivity contribution is -0.318. The van der Waals surface area contributed by atoms with Crippen molar-refractivity contribution >= 4 is 15.8 Å². The molecule has 3 fully saturated rings. The summed E-state index contributed by atoms with van der Waals surface area (Å²) >= 11 is 0. The van der Waals surface area contributed by atoms with E-state index in [4.69, 9.17) is 33.2 Å². The van der Waals surface area contributed by atoms with Crippen LogP contribution in [0.2, 0.25) is 0 Å². The molecular weight excluding hydrogens is 986 g/mol. The molecule has 3 saturated heterocycles. The molecule has 1 aromatic heterocycles. The Hall–Kier alpha value is -2.81. The molecule has 0 spiro atoms. The van der Waals surface area contributed by atoms with E-state index < -0.39 is 137 Å². The summed E-state index contributed by atoms with van der Waals surface area (Å²) in [4.78, 5) is 18.5. The number of ether oxygens (including phenoxy) is 7. The van der Waals surface area contributed by atoms with Crippen LogP contribution in [0.5, 0.6) is 0 Å². The zero-order valence-electron chi connectivity index (χ0n) is 46.2. The second-order valence-corrected chi connectivity index (χ2v) is 24.4.